The molecule has 2 unspecified atom stereocenters. The second kappa shape index (κ2) is 13.2. The summed E-state index contributed by atoms with van der Waals surface area (Å²) in [7, 11) is 0. The average molecular weight is 730 g/mol. The molecule has 0 saturated heterocycles. The number of hydrogen-bond acceptors (Lipinski definition) is 2. The van der Waals surface area contributed by atoms with Gasteiger partial charge in [-0.3, -0.25) is 4.98 Å². The van der Waals surface area contributed by atoms with Gasteiger partial charge in [-0.1, -0.05) is 102 Å². The molecule has 0 spiro atoms. The van der Waals surface area contributed by atoms with Crippen LogP contribution in [0.25, 0.3) is 33.2 Å². The van der Waals surface area contributed by atoms with Crippen molar-refractivity contribution in [3.8, 4) is 0 Å². The molecule has 0 radical (unpaired) electrons. The zero-order valence-corrected chi connectivity index (χ0v) is 28.5. The Balaban J connectivity index is 0.00000387. The maximum Gasteiger partial charge on any atom is 2.00 e. The average Bonchev–Trinajstić information content (AvgIpc) is 3.67. The third-order valence-corrected chi connectivity index (χ3v) is 9.29. The van der Waals surface area contributed by atoms with Crippen molar-refractivity contribution in [2.45, 2.75) is 119 Å². The maximum absolute atomic E-state index is 5.33. The number of rotatable bonds is 8. The molecular formula is C36H46N4Pt. The van der Waals surface area contributed by atoms with E-state index >= 15 is 0 Å². The summed E-state index contributed by atoms with van der Waals surface area (Å²) in [4.78, 5) is 21.1. The Kier molecular flexibility index (Phi) is 10.2. The minimum atomic E-state index is 0. The summed E-state index contributed by atoms with van der Waals surface area (Å²) in [6, 6.07) is 9.12. The molecule has 2 aliphatic heterocycles. The molecule has 0 aliphatic carbocycles. The smallest absolute Gasteiger partial charge is 0.657 e. The van der Waals surface area contributed by atoms with Crippen molar-refractivity contribution in [1.29, 1.82) is 0 Å². The summed E-state index contributed by atoms with van der Waals surface area (Å²) in [5.74, 6) is 0.806. The summed E-state index contributed by atoms with van der Waals surface area (Å²) in [6.07, 6.45) is 7.91. The van der Waals surface area contributed by atoms with Crippen molar-refractivity contribution in [2.75, 3.05) is 0 Å². The standard InChI is InChI=1S/C36H46N4.Pt/c1-9-21-22(10-2)30-18-32-25(13-5)26(14-6)34(39-32)20-36-28(16-8)27(15-7)35(40-36)19-33-24(12-4)23(11-3)31(38-33)17-29(21)37-30;/h17-22H,9-16H2,1-8H3;/q-2;+2. The van der Waals surface area contributed by atoms with Crippen LogP contribution in [0.1, 0.15) is 138 Å². The first kappa shape index (κ1) is 31.5. The molecule has 5 rings (SSSR count). The van der Waals surface area contributed by atoms with Crippen molar-refractivity contribution in [3.05, 3.63) is 69.3 Å². The van der Waals surface area contributed by atoms with E-state index in [9.17, 15) is 0 Å². The van der Waals surface area contributed by atoms with Crippen LogP contribution in [-0.2, 0) is 46.7 Å². The van der Waals surface area contributed by atoms with E-state index in [0.717, 1.165) is 84.8 Å². The van der Waals surface area contributed by atoms with Crippen molar-refractivity contribution >= 4 is 33.2 Å². The van der Waals surface area contributed by atoms with Gasteiger partial charge in [-0.2, -0.15) is 0 Å². The van der Waals surface area contributed by atoms with E-state index in [1.165, 1.54) is 44.8 Å². The first-order valence-corrected chi connectivity index (χ1v) is 15.9. The SMILES string of the molecule is CCC1=C(CC)c2cc3[n-]c(cc4nc(cc5[n-]c(cc1n2)c(CC)c5CC)C(CC)C4CC)c(CC)c3CC.[Pt+2]. The summed E-state index contributed by atoms with van der Waals surface area (Å²) in [5, 5.41) is 0. The Hall–Kier alpha value is -2.45. The largest absolute Gasteiger partial charge is 2.00 e. The van der Waals surface area contributed by atoms with E-state index in [1.807, 2.05) is 0 Å². The Morgan fingerprint density at radius 2 is 0.829 bits per heavy atom. The molecule has 2 atom stereocenters. The van der Waals surface area contributed by atoms with Crippen molar-refractivity contribution in [2.24, 2.45) is 0 Å². The number of aryl methyl sites for hydroxylation is 4. The van der Waals surface area contributed by atoms with Crippen LogP contribution in [-0.4, -0.2) is 9.97 Å². The summed E-state index contributed by atoms with van der Waals surface area (Å²) in [6.45, 7) is 18.1. The fourth-order valence-corrected chi connectivity index (χ4v) is 7.34. The molecule has 4 nitrogen and oxygen atoms in total. The van der Waals surface area contributed by atoms with Gasteiger partial charge in [0.15, 0.2) is 0 Å². The van der Waals surface area contributed by atoms with Gasteiger partial charge >= 0.3 is 21.1 Å². The van der Waals surface area contributed by atoms with Crippen LogP contribution < -0.4 is 9.97 Å². The van der Waals surface area contributed by atoms with Crippen LogP contribution >= 0.6 is 0 Å². The molecule has 5 heterocycles. The van der Waals surface area contributed by atoms with E-state index in [1.54, 1.807) is 0 Å². The van der Waals surface area contributed by atoms with Crippen LogP contribution in [0.5, 0.6) is 0 Å². The number of allylic oxidation sites excluding steroid dienone is 2. The molecule has 0 aromatic carbocycles. The molecule has 3 aromatic heterocycles. The van der Waals surface area contributed by atoms with Gasteiger partial charge in [0.25, 0.3) is 0 Å². The maximum atomic E-state index is 5.33. The molecule has 0 amide bonds. The number of aromatic nitrogens is 4. The number of fused-ring (bicyclic) bond motifs is 8. The zero-order valence-electron chi connectivity index (χ0n) is 26.2. The van der Waals surface area contributed by atoms with Crippen molar-refractivity contribution in [3.63, 3.8) is 0 Å². The van der Waals surface area contributed by atoms with Crippen LogP contribution in [0, 0.1) is 0 Å². The van der Waals surface area contributed by atoms with Gasteiger partial charge in [0.05, 0.1) is 11.4 Å². The van der Waals surface area contributed by atoms with Gasteiger partial charge in [0, 0.05) is 23.2 Å². The van der Waals surface area contributed by atoms with Crippen LogP contribution in [0.2, 0.25) is 0 Å². The summed E-state index contributed by atoms with van der Waals surface area (Å²) in [5.41, 5.74) is 16.9. The molecule has 0 saturated carbocycles. The molecule has 2 aliphatic rings. The Morgan fingerprint density at radius 3 is 1.12 bits per heavy atom. The van der Waals surface area contributed by atoms with Gasteiger partial charge in [-0.25, -0.2) is 4.98 Å². The zero-order chi connectivity index (χ0) is 28.6. The summed E-state index contributed by atoms with van der Waals surface area (Å²) >= 11 is 0. The molecule has 41 heavy (non-hydrogen) atoms. The normalized spacial score (nSPS) is 16.8. The Labute approximate surface area is 261 Å². The second-order valence-electron chi connectivity index (χ2n) is 11.2. The van der Waals surface area contributed by atoms with E-state index in [0.29, 0.717) is 11.8 Å². The van der Waals surface area contributed by atoms with E-state index in [2.05, 4.69) is 79.7 Å². The van der Waals surface area contributed by atoms with Gasteiger partial charge < -0.3 is 9.97 Å². The second-order valence-corrected chi connectivity index (χ2v) is 11.2. The van der Waals surface area contributed by atoms with Gasteiger partial charge in [0.2, 0.25) is 0 Å². The third-order valence-electron chi connectivity index (χ3n) is 9.29. The van der Waals surface area contributed by atoms with Crippen LogP contribution in [0.3, 0.4) is 0 Å². The Morgan fingerprint density at radius 1 is 0.488 bits per heavy atom. The molecule has 8 bridgehead atoms. The molecule has 5 heteroatoms. The monoisotopic (exact) mass is 729 g/mol. The van der Waals surface area contributed by atoms with E-state index < -0.39 is 0 Å². The molecular weight excluding hydrogens is 684 g/mol. The van der Waals surface area contributed by atoms with Gasteiger partial charge in [0.1, 0.15) is 0 Å². The van der Waals surface area contributed by atoms with Gasteiger partial charge in [-0.05, 0) is 62.5 Å². The van der Waals surface area contributed by atoms with Gasteiger partial charge in [-0.15, -0.1) is 22.1 Å². The van der Waals surface area contributed by atoms with Crippen LogP contribution in [0.4, 0.5) is 0 Å². The molecule has 0 fully saturated rings. The quantitative estimate of drug-likeness (QED) is 0.232. The minimum absolute atomic E-state index is 0. The summed E-state index contributed by atoms with van der Waals surface area (Å²) < 4.78 is 0. The fraction of sp³-hybridized carbons (Fsp3) is 0.500. The Bertz CT molecular complexity index is 1490. The van der Waals surface area contributed by atoms with E-state index in [4.69, 9.17) is 19.9 Å². The fourth-order valence-electron chi connectivity index (χ4n) is 7.34. The first-order valence-electron chi connectivity index (χ1n) is 15.9. The molecule has 3 aromatic rings. The van der Waals surface area contributed by atoms with Crippen molar-refractivity contribution in [1.82, 2.24) is 19.9 Å². The number of hydrogen-bond donors (Lipinski definition) is 0. The van der Waals surface area contributed by atoms with Crippen molar-refractivity contribution < 1.29 is 21.1 Å². The molecule has 220 valence electrons. The first-order chi connectivity index (χ1) is 19.5. The predicted octanol–water partition coefficient (Wildman–Crippen LogP) is 9.24. The minimum Gasteiger partial charge on any atom is -0.657 e. The van der Waals surface area contributed by atoms with E-state index in [-0.39, 0.29) is 21.1 Å². The molecule has 0 N–H and O–H groups in total. The number of nitrogens with zero attached hydrogens (tertiary/aromatic N) is 4. The third kappa shape index (κ3) is 5.42. The topological polar surface area (TPSA) is 54.0 Å². The predicted molar refractivity (Wildman–Crippen MR) is 170 cm³/mol. The van der Waals surface area contributed by atoms with Crippen LogP contribution in [0.15, 0.2) is 24.3 Å².